The predicted octanol–water partition coefficient (Wildman–Crippen LogP) is 1.00. The second kappa shape index (κ2) is 8.01. The fourth-order valence-corrected chi connectivity index (χ4v) is 1.17. The van der Waals surface area contributed by atoms with Crippen molar-refractivity contribution in [1.82, 2.24) is 15.3 Å². The zero-order valence-electron chi connectivity index (χ0n) is 9.90. The average molecular weight is 225 g/mol. The largest absolute Gasteiger partial charge is 0.476 e. The SMILES string of the molecule is CCNCc1cncc(OCCCOC)n1. The number of rotatable bonds is 8. The van der Waals surface area contributed by atoms with Crippen LogP contribution in [-0.2, 0) is 11.3 Å². The van der Waals surface area contributed by atoms with Gasteiger partial charge in [-0.05, 0) is 6.54 Å². The molecule has 0 unspecified atom stereocenters. The predicted molar refractivity (Wildman–Crippen MR) is 61.4 cm³/mol. The van der Waals surface area contributed by atoms with Crippen LogP contribution in [0.15, 0.2) is 12.4 Å². The molecule has 0 spiro atoms. The summed E-state index contributed by atoms with van der Waals surface area (Å²) in [6, 6.07) is 0. The summed E-state index contributed by atoms with van der Waals surface area (Å²) in [7, 11) is 1.68. The van der Waals surface area contributed by atoms with Gasteiger partial charge in [-0.25, -0.2) is 4.98 Å². The third-order valence-corrected chi connectivity index (χ3v) is 1.96. The first-order chi connectivity index (χ1) is 7.86. The van der Waals surface area contributed by atoms with Crippen LogP contribution in [0.5, 0.6) is 5.88 Å². The van der Waals surface area contributed by atoms with Crippen molar-refractivity contribution in [3.8, 4) is 5.88 Å². The van der Waals surface area contributed by atoms with E-state index in [1.54, 1.807) is 19.5 Å². The average Bonchev–Trinajstić information content (AvgIpc) is 2.33. The Labute approximate surface area is 96.2 Å². The van der Waals surface area contributed by atoms with E-state index in [0.717, 1.165) is 25.2 Å². The van der Waals surface area contributed by atoms with Crippen molar-refractivity contribution in [2.24, 2.45) is 0 Å². The highest BCUT2D eigenvalue weighted by molar-refractivity contribution is 5.08. The second-order valence-corrected chi connectivity index (χ2v) is 3.32. The van der Waals surface area contributed by atoms with Crippen LogP contribution in [0, 0.1) is 0 Å². The number of hydrogen-bond donors (Lipinski definition) is 1. The van der Waals surface area contributed by atoms with Gasteiger partial charge in [-0.3, -0.25) is 4.98 Å². The highest BCUT2D eigenvalue weighted by Gasteiger charge is 1.99. The van der Waals surface area contributed by atoms with Gasteiger partial charge in [0.1, 0.15) is 0 Å². The standard InChI is InChI=1S/C11H19N3O2/c1-3-12-7-10-8-13-9-11(14-10)16-6-4-5-15-2/h8-9,12H,3-7H2,1-2H3. The molecule has 0 radical (unpaired) electrons. The summed E-state index contributed by atoms with van der Waals surface area (Å²) < 4.78 is 10.4. The molecule has 0 amide bonds. The van der Waals surface area contributed by atoms with Crippen LogP contribution in [0.4, 0.5) is 0 Å². The monoisotopic (exact) mass is 225 g/mol. The van der Waals surface area contributed by atoms with E-state index >= 15 is 0 Å². The van der Waals surface area contributed by atoms with Gasteiger partial charge in [0.05, 0.1) is 18.5 Å². The van der Waals surface area contributed by atoms with Crippen molar-refractivity contribution in [3.63, 3.8) is 0 Å². The lowest BCUT2D eigenvalue weighted by atomic mass is 10.4. The molecule has 90 valence electrons. The van der Waals surface area contributed by atoms with Crippen LogP contribution in [0.25, 0.3) is 0 Å². The molecule has 0 aliphatic carbocycles. The highest BCUT2D eigenvalue weighted by atomic mass is 16.5. The number of nitrogens with one attached hydrogen (secondary N) is 1. The number of nitrogens with zero attached hydrogens (tertiary/aromatic N) is 2. The third kappa shape index (κ3) is 5.04. The van der Waals surface area contributed by atoms with E-state index < -0.39 is 0 Å². The molecular weight excluding hydrogens is 206 g/mol. The van der Waals surface area contributed by atoms with Gasteiger partial charge >= 0.3 is 0 Å². The Morgan fingerprint density at radius 1 is 1.31 bits per heavy atom. The minimum atomic E-state index is 0.575. The molecule has 1 aromatic heterocycles. The first-order valence-electron chi connectivity index (χ1n) is 5.50. The normalized spacial score (nSPS) is 10.4. The molecule has 0 aliphatic heterocycles. The number of aromatic nitrogens is 2. The Morgan fingerprint density at radius 3 is 2.94 bits per heavy atom. The smallest absolute Gasteiger partial charge is 0.232 e. The van der Waals surface area contributed by atoms with E-state index in [1.807, 2.05) is 0 Å². The van der Waals surface area contributed by atoms with E-state index in [1.165, 1.54) is 0 Å². The van der Waals surface area contributed by atoms with E-state index in [-0.39, 0.29) is 0 Å². The van der Waals surface area contributed by atoms with Gasteiger partial charge < -0.3 is 14.8 Å². The summed E-state index contributed by atoms with van der Waals surface area (Å²) in [4.78, 5) is 8.40. The van der Waals surface area contributed by atoms with Crippen molar-refractivity contribution < 1.29 is 9.47 Å². The minimum absolute atomic E-state index is 0.575. The third-order valence-electron chi connectivity index (χ3n) is 1.96. The molecule has 1 N–H and O–H groups in total. The summed E-state index contributed by atoms with van der Waals surface area (Å²) >= 11 is 0. The zero-order valence-corrected chi connectivity index (χ0v) is 9.90. The number of hydrogen-bond acceptors (Lipinski definition) is 5. The molecule has 16 heavy (non-hydrogen) atoms. The molecule has 5 nitrogen and oxygen atoms in total. The van der Waals surface area contributed by atoms with Gasteiger partial charge in [-0.1, -0.05) is 6.92 Å². The Morgan fingerprint density at radius 2 is 2.19 bits per heavy atom. The summed E-state index contributed by atoms with van der Waals surface area (Å²) in [6.07, 6.45) is 4.22. The van der Waals surface area contributed by atoms with Crippen molar-refractivity contribution in [1.29, 1.82) is 0 Å². The molecule has 1 aromatic rings. The van der Waals surface area contributed by atoms with Gasteiger partial charge in [0, 0.05) is 32.9 Å². The maximum atomic E-state index is 5.45. The lowest BCUT2D eigenvalue weighted by Crippen LogP contribution is -2.13. The van der Waals surface area contributed by atoms with E-state index in [4.69, 9.17) is 9.47 Å². The topological polar surface area (TPSA) is 56.3 Å². The molecule has 1 heterocycles. The van der Waals surface area contributed by atoms with Gasteiger partial charge in [0.2, 0.25) is 5.88 Å². The van der Waals surface area contributed by atoms with Crippen molar-refractivity contribution >= 4 is 0 Å². The Bertz CT molecular complexity index is 294. The molecule has 0 fully saturated rings. The summed E-state index contributed by atoms with van der Waals surface area (Å²) in [5.74, 6) is 0.575. The Hall–Kier alpha value is -1.20. The lowest BCUT2D eigenvalue weighted by Gasteiger charge is -2.06. The van der Waals surface area contributed by atoms with Crippen LogP contribution in [0.2, 0.25) is 0 Å². The fourth-order valence-electron chi connectivity index (χ4n) is 1.17. The molecule has 0 saturated carbocycles. The maximum Gasteiger partial charge on any atom is 0.232 e. The fraction of sp³-hybridized carbons (Fsp3) is 0.636. The van der Waals surface area contributed by atoms with Crippen molar-refractivity contribution in [2.75, 3.05) is 26.9 Å². The Balaban J connectivity index is 2.35. The van der Waals surface area contributed by atoms with Gasteiger partial charge in [0.25, 0.3) is 0 Å². The zero-order chi connectivity index (χ0) is 11.6. The number of methoxy groups -OCH3 is 1. The van der Waals surface area contributed by atoms with Crippen LogP contribution < -0.4 is 10.1 Å². The molecule has 0 aliphatic rings. The van der Waals surface area contributed by atoms with Crippen molar-refractivity contribution in [2.45, 2.75) is 19.9 Å². The van der Waals surface area contributed by atoms with Gasteiger partial charge in [-0.15, -0.1) is 0 Å². The first kappa shape index (κ1) is 12.9. The van der Waals surface area contributed by atoms with Crippen LogP contribution in [0.1, 0.15) is 19.0 Å². The minimum Gasteiger partial charge on any atom is -0.476 e. The number of ether oxygens (including phenoxy) is 2. The quantitative estimate of drug-likeness (QED) is 0.669. The first-order valence-corrected chi connectivity index (χ1v) is 5.50. The molecule has 0 saturated heterocycles. The lowest BCUT2D eigenvalue weighted by molar-refractivity contribution is 0.170. The highest BCUT2D eigenvalue weighted by Crippen LogP contribution is 2.05. The summed E-state index contributed by atoms with van der Waals surface area (Å²) in [5, 5.41) is 3.19. The molecule has 0 bridgehead atoms. The van der Waals surface area contributed by atoms with Gasteiger partial charge in [-0.2, -0.15) is 0 Å². The second-order valence-electron chi connectivity index (χ2n) is 3.32. The molecule has 0 atom stereocenters. The van der Waals surface area contributed by atoms with E-state index in [9.17, 15) is 0 Å². The molecular formula is C11H19N3O2. The molecule has 5 heteroatoms. The van der Waals surface area contributed by atoms with E-state index in [2.05, 4.69) is 22.2 Å². The summed E-state index contributed by atoms with van der Waals surface area (Å²) in [6.45, 7) is 5.00. The Kier molecular flexibility index (Phi) is 6.44. The van der Waals surface area contributed by atoms with Gasteiger partial charge in [0.15, 0.2) is 0 Å². The molecule has 1 rings (SSSR count). The van der Waals surface area contributed by atoms with Crippen molar-refractivity contribution in [3.05, 3.63) is 18.1 Å². The van der Waals surface area contributed by atoms with Crippen LogP contribution in [-0.4, -0.2) is 36.8 Å². The summed E-state index contributed by atoms with van der Waals surface area (Å²) in [5.41, 5.74) is 0.895. The molecule has 0 aromatic carbocycles. The van der Waals surface area contributed by atoms with Crippen LogP contribution in [0.3, 0.4) is 0 Å². The maximum absolute atomic E-state index is 5.45. The van der Waals surface area contributed by atoms with E-state index in [0.29, 0.717) is 19.1 Å². The van der Waals surface area contributed by atoms with Crippen LogP contribution >= 0.6 is 0 Å².